The molecule has 0 unspecified atom stereocenters. The van der Waals surface area contributed by atoms with Crippen LogP contribution in [0, 0.1) is 11.2 Å². The van der Waals surface area contributed by atoms with Crippen LogP contribution in [0.1, 0.15) is 19.4 Å². The average Bonchev–Trinajstić information content (AvgIpc) is 2.31. The fourth-order valence-electron chi connectivity index (χ4n) is 1.71. The first kappa shape index (κ1) is 15.8. The van der Waals surface area contributed by atoms with E-state index >= 15 is 0 Å². The molecule has 0 fully saturated rings. The maximum absolute atomic E-state index is 14.0. The number of hydrogen-bond donors (Lipinski definition) is 1. The first-order valence-electron chi connectivity index (χ1n) is 5.56. The molecule has 0 heterocycles. The third kappa shape index (κ3) is 3.18. The van der Waals surface area contributed by atoms with Gasteiger partial charge in [-0.25, -0.2) is 4.39 Å². The molecule has 19 heavy (non-hydrogen) atoms. The molecule has 0 bridgehead atoms. The highest BCUT2D eigenvalue weighted by Crippen LogP contribution is 2.42. The standard InChI is InChI=1S/C13H16BrFO4/c1-13(2,12(16)17)6-7-9(15)5-8(14)11(19-4)10(7)18-3/h5H,6H2,1-4H3,(H,16,17). The molecule has 6 heteroatoms. The molecule has 1 N–H and O–H groups in total. The van der Waals surface area contributed by atoms with Crippen molar-refractivity contribution in [3.8, 4) is 11.5 Å². The second-order valence-corrected chi connectivity index (χ2v) is 5.61. The van der Waals surface area contributed by atoms with E-state index in [9.17, 15) is 9.18 Å². The molecule has 0 saturated carbocycles. The minimum atomic E-state index is -1.10. The van der Waals surface area contributed by atoms with Crippen molar-refractivity contribution < 1.29 is 23.8 Å². The van der Waals surface area contributed by atoms with Gasteiger partial charge in [-0.15, -0.1) is 0 Å². The summed E-state index contributed by atoms with van der Waals surface area (Å²) < 4.78 is 24.8. The monoisotopic (exact) mass is 334 g/mol. The number of carboxylic acid groups (broad SMARTS) is 1. The zero-order valence-corrected chi connectivity index (χ0v) is 12.8. The number of carboxylic acids is 1. The summed E-state index contributed by atoms with van der Waals surface area (Å²) in [5, 5.41) is 9.13. The van der Waals surface area contributed by atoms with Gasteiger partial charge in [-0.3, -0.25) is 4.79 Å². The van der Waals surface area contributed by atoms with Crippen LogP contribution in [-0.4, -0.2) is 25.3 Å². The van der Waals surface area contributed by atoms with E-state index in [0.717, 1.165) is 0 Å². The summed E-state index contributed by atoms with van der Waals surface area (Å²) in [5.41, 5.74) is -0.914. The number of benzene rings is 1. The quantitative estimate of drug-likeness (QED) is 0.897. The normalized spacial score (nSPS) is 11.3. The Hall–Kier alpha value is -1.30. The number of methoxy groups -OCH3 is 2. The number of halogens is 2. The van der Waals surface area contributed by atoms with E-state index < -0.39 is 17.2 Å². The van der Waals surface area contributed by atoms with Crippen LogP contribution in [0.5, 0.6) is 11.5 Å². The summed E-state index contributed by atoms with van der Waals surface area (Å²) in [7, 11) is 2.83. The molecule has 0 saturated heterocycles. The van der Waals surface area contributed by atoms with E-state index in [1.807, 2.05) is 0 Å². The highest BCUT2D eigenvalue weighted by molar-refractivity contribution is 9.10. The van der Waals surface area contributed by atoms with Gasteiger partial charge in [-0.2, -0.15) is 0 Å². The Morgan fingerprint density at radius 1 is 1.37 bits per heavy atom. The summed E-state index contributed by atoms with van der Waals surface area (Å²) in [6.45, 7) is 3.06. The number of carbonyl (C=O) groups is 1. The van der Waals surface area contributed by atoms with Crippen LogP contribution < -0.4 is 9.47 Å². The summed E-state index contributed by atoms with van der Waals surface area (Å²) in [6.07, 6.45) is 0.000972. The van der Waals surface area contributed by atoms with Crippen LogP contribution in [0.2, 0.25) is 0 Å². The van der Waals surface area contributed by atoms with Crippen molar-refractivity contribution in [3.05, 3.63) is 21.9 Å². The molecule has 0 amide bonds. The zero-order chi connectivity index (χ0) is 14.8. The lowest BCUT2D eigenvalue weighted by Gasteiger charge is -2.22. The first-order valence-corrected chi connectivity index (χ1v) is 6.36. The fourth-order valence-corrected chi connectivity index (χ4v) is 2.25. The predicted octanol–water partition coefficient (Wildman–Crippen LogP) is 3.26. The van der Waals surface area contributed by atoms with Crippen LogP contribution in [0.25, 0.3) is 0 Å². The second kappa shape index (κ2) is 5.77. The summed E-state index contributed by atoms with van der Waals surface area (Å²) in [6, 6.07) is 1.24. The Kier molecular flexibility index (Phi) is 4.79. The maximum Gasteiger partial charge on any atom is 0.309 e. The predicted molar refractivity (Wildman–Crippen MR) is 72.3 cm³/mol. The topological polar surface area (TPSA) is 55.8 Å². The zero-order valence-electron chi connectivity index (χ0n) is 11.2. The minimum absolute atomic E-state index is 0.000972. The van der Waals surface area contributed by atoms with Gasteiger partial charge in [-0.05, 0) is 42.3 Å². The second-order valence-electron chi connectivity index (χ2n) is 4.75. The Morgan fingerprint density at radius 3 is 2.32 bits per heavy atom. The lowest BCUT2D eigenvalue weighted by molar-refractivity contribution is -0.146. The van der Waals surface area contributed by atoms with Crippen molar-refractivity contribution in [2.45, 2.75) is 20.3 Å². The van der Waals surface area contributed by atoms with Gasteiger partial charge in [0.15, 0.2) is 11.5 Å². The SMILES string of the molecule is COc1c(Br)cc(F)c(CC(C)(C)C(=O)O)c1OC. The molecule has 0 aliphatic carbocycles. The van der Waals surface area contributed by atoms with Gasteiger partial charge in [0.05, 0.1) is 24.1 Å². The van der Waals surface area contributed by atoms with Gasteiger partial charge in [0.1, 0.15) is 5.82 Å². The Labute approximate surface area is 119 Å². The largest absolute Gasteiger partial charge is 0.492 e. The Balaban J connectivity index is 3.38. The molecule has 0 spiro atoms. The third-order valence-corrected chi connectivity index (χ3v) is 3.43. The van der Waals surface area contributed by atoms with Gasteiger partial charge >= 0.3 is 5.97 Å². The minimum Gasteiger partial charge on any atom is -0.492 e. The molecule has 1 aromatic carbocycles. The first-order chi connectivity index (χ1) is 8.74. The summed E-state index contributed by atoms with van der Waals surface area (Å²) in [5.74, 6) is -0.974. The van der Waals surface area contributed by atoms with Crippen LogP contribution in [-0.2, 0) is 11.2 Å². The molecule has 1 rings (SSSR count). The third-order valence-electron chi connectivity index (χ3n) is 2.84. The summed E-state index contributed by atoms with van der Waals surface area (Å²) >= 11 is 3.18. The summed E-state index contributed by atoms with van der Waals surface area (Å²) in [4.78, 5) is 11.2. The van der Waals surface area contributed by atoms with Crippen molar-refractivity contribution in [2.75, 3.05) is 14.2 Å². The smallest absolute Gasteiger partial charge is 0.309 e. The number of aliphatic carboxylic acids is 1. The molecule has 0 aromatic heterocycles. The van der Waals surface area contributed by atoms with E-state index in [0.29, 0.717) is 10.2 Å². The molecule has 0 atom stereocenters. The van der Waals surface area contributed by atoms with Crippen molar-refractivity contribution in [1.82, 2.24) is 0 Å². The molecule has 106 valence electrons. The highest BCUT2D eigenvalue weighted by Gasteiger charge is 2.31. The van der Waals surface area contributed by atoms with Crippen molar-refractivity contribution in [1.29, 1.82) is 0 Å². The Bertz CT molecular complexity index is 500. The molecule has 0 aliphatic heterocycles. The average molecular weight is 335 g/mol. The van der Waals surface area contributed by atoms with E-state index in [4.69, 9.17) is 14.6 Å². The van der Waals surface area contributed by atoms with Gasteiger partial charge < -0.3 is 14.6 Å². The van der Waals surface area contributed by atoms with Crippen molar-refractivity contribution in [2.24, 2.45) is 5.41 Å². The maximum atomic E-state index is 14.0. The number of hydrogen-bond acceptors (Lipinski definition) is 3. The van der Waals surface area contributed by atoms with Crippen LogP contribution in [0.3, 0.4) is 0 Å². The van der Waals surface area contributed by atoms with Crippen LogP contribution in [0.4, 0.5) is 4.39 Å². The molecule has 4 nitrogen and oxygen atoms in total. The molecular formula is C13H16BrFO4. The van der Waals surface area contributed by atoms with E-state index in [1.54, 1.807) is 0 Å². The van der Waals surface area contributed by atoms with Crippen LogP contribution in [0.15, 0.2) is 10.5 Å². The van der Waals surface area contributed by atoms with Gasteiger partial charge in [-0.1, -0.05) is 0 Å². The van der Waals surface area contributed by atoms with Crippen molar-refractivity contribution in [3.63, 3.8) is 0 Å². The van der Waals surface area contributed by atoms with Crippen molar-refractivity contribution >= 4 is 21.9 Å². The van der Waals surface area contributed by atoms with E-state index in [2.05, 4.69) is 15.9 Å². The molecular weight excluding hydrogens is 319 g/mol. The Morgan fingerprint density at radius 2 is 1.89 bits per heavy atom. The molecule has 0 aliphatic rings. The molecule has 0 radical (unpaired) electrons. The van der Waals surface area contributed by atoms with Gasteiger partial charge in [0.2, 0.25) is 0 Å². The van der Waals surface area contributed by atoms with E-state index in [1.165, 1.54) is 34.1 Å². The fraction of sp³-hybridized carbons (Fsp3) is 0.462. The molecule has 1 aromatic rings. The lowest BCUT2D eigenvalue weighted by atomic mass is 9.85. The lowest BCUT2D eigenvalue weighted by Crippen LogP contribution is -2.27. The number of rotatable bonds is 5. The highest BCUT2D eigenvalue weighted by atomic mass is 79.9. The number of ether oxygens (including phenoxy) is 2. The van der Waals surface area contributed by atoms with Gasteiger partial charge in [0, 0.05) is 5.56 Å². The van der Waals surface area contributed by atoms with Gasteiger partial charge in [0.25, 0.3) is 0 Å². The van der Waals surface area contributed by atoms with Crippen LogP contribution >= 0.6 is 15.9 Å². The van der Waals surface area contributed by atoms with E-state index in [-0.39, 0.29) is 17.7 Å².